The van der Waals surface area contributed by atoms with Gasteiger partial charge in [0.2, 0.25) is 0 Å². The van der Waals surface area contributed by atoms with Gasteiger partial charge in [0.1, 0.15) is 5.82 Å². The van der Waals surface area contributed by atoms with Gasteiger partial charge < -0.3 is 15.7 Å². The van der Waals surface area contributed by atoms with Crippen molar-refractivity contribution in [1.29, 1.82) is 5.26 Å². The van der Waals surface area contributed by atoms with Crippen LogP contribution in [0.1, 0.15) is 18.9 Å². The molecule has 170 valence electrons. The Morgan fingerprint density at radius 1 is 1.06 bits per heavy atom. The number of halogens is 1. The summed E-state index contributed by atoms with van der Waals surface area (Å²) in [4.78, 5) is 17.0. The molecule has 3 aromatic carbocycles. The number of fused-ring (bicyclic) bond motifs is 1. The monoisotopic (exact) mass is 454 g/mol. The van der Waals surface area contributed by atoms with E-state index in [1.165, 1.54) is 6.07 Å². The number of hydrogen-bond acceptors (Lipinski definition) is 4. The Bertz CT molecular complexity index is 1400. The van der Waals surface area contributed by atoms with E-state index in [1.54, 1.807) is 54.6 Å². The summed E-state index contributed by atoms with van der Waals surface area (Å²) in [6, 6.07) is 22.3. The van der Waals surface area contributed by atoms with E-state index in [0.717, 1.165) is 0 Å². The van der Waals surface area contributed by atoms with Crippen LogP contribution >= 0.6 is 0 Å². The zero-order chi connectivity index (χ0) is 24.1. The van der Waals surface area contributed by atoms with E-state index in [2.05, 4.69) is 16.7 Å². The number of urea groups is 1. The molecular weight excluding hydrogens is 431 g/mol. The second kappa shape index (κ2) is 10.1. The zero-order valence-corrected chi connectivity index (χ0v) is 18.5. The maximum atomic E-state index is 14.8. The van der Waals surface area contributed by atoms with Gasteiger partial charge in [-0.2, -0.15) is 5.26 Å². The van der Waals surface area contributed by atoms with Gasteiger partial charge in [-0.15, -0.1) is 0 Å². The second-order valence-corrected chi connectivity index (χ2v) is 7.83. The number of hydrogen-bond donors (Lipinski definition) is 3. The van der Waals surface area contributed by atoms with Crippen LogP contribution in [0.15, 0.2) is 72.8 Å². The van der Waals surface area contributed by atoms with Crippen molar-refractivity contribution in [2.75, 3.05) is 11.9 Å². The molecule has 0 fully saturated rings. The average molecular weight is 455 g/mol. The molecule has 0 aliphatic heterocycles. The molecule has 1 heterocycles. The van der Waals surface area contributed by atoms with Gasteiger partial charge in [-0.05, 0) is 42.8 Å². The summed E-state index contributed by atoms with van der Waals surface area (Å²) in [6.07, 6.45) is -0.0672. The van der Waals surface area contributed by atoms with Crippen molar-refractivity contribution in [1.82, 2.24) is 10.3 Å². The van der Waals surface area contributed by atoms with Gasteiger partial charge in [0, 0.05) is 34.3 Å². The number of nitriles is 1. The third kappa shape index (κ3) is 4.87. The number of pyridine rings is 1. The van der Waals surface area contributed by atoms with Crippen LogP contribution in [0.2, 0.25) is 0 Å². The number of anilines is 1. The molecule has 34 heavy (non-hydrogen) atoms. The van der Waals surface area contributed by atoms with E-state index in [9.17, 15) is 19.6 Å². The lowest BCUT2D eigenvalue weighted by Gasteiger charge is -2.14. The highest BCUT2D eigenvalue weighted by molar-refractivity contribution is 5.96. The first kappa shape index (κ1) is 22.9. The minimum absolute atomic E-state index is 0.149. The van der Waals surface area contributed by atoms with E-state index < -0.39 is 18.0 Å². The second-order valence-electron chi connectivity index (χ2n) is 7.83. The Morgan fingerprint density at radius 2 is 1.79 bits per heavy atom. The number of carbonyl (C=O) groups is 1. The maximum Gasteiger partial charge on any atom is 0.319 e. The third-order valence-corrected chi connectivity index (χ3v) is 5.51. The number of aromatic nitrogens is 1. The van der Waals surface area contributed by atoms with Gasteiger partial charge in [0.15, 0.2) is 0 Å². The first-order chi connectivity index (χ1) is 16.5. The third-order valence-electron chi connectivity index (χ3n) is 5.51. The number of nitrogens with zero attached hydrogens (tertiary/aromatic N) is 2. The number of benzene rings is 3. The van der Waals surface area contributed by atoms with E-state index in [4.69, 9.17) is 4.98 Å². The molecule has 0 aliphatic rings. The summed E-state index contributed by atoms with van der Waals surface area (Å²) in [5.74, 6) is -0.400. The lowest BCUT2D eigenvalue weighted by atomic mass is 9.94. The van der Waals surface area contributed by atoms with Crippen molar-refractivity contribution >= 4 is 22.6 Å². The van der Waals surface area contributed by atoms with Gasteiger partial charge in [-0.25, -0.2) is 14.2 Å². The van der Waals surface area contributed by atoms with E-state index in [-0.39, 0.29) is 6.54 Å². The predicted molar refractivity (Wildman–Crippen MR) is 131 cm³/mol. The molecule has 2 amide bonds. The van der Waals surface area contributed by atoms with Crippen LogP contribution in [0.4, 0.5) is 14.9 Å². The largest absolute Gasteiger partial charge is 0.391 e. The fraction of sp³-hybridized carbons (Fsp3) is 0.148. The molecule has 0 aliphatic carbocycles. The van der Waals surface area contributed by atoms with Crippen LogP contribution in [-0.2, 0) is 0 Å². The molecule has 6 nitrogen and oxygen atoms in total. The van der Waals surface area contributed by atoms with Crippen molar-refractivity contribution in [3.63, 3.8) is 0 Å². The van der Waals surface area contributed by atoms with Crippen molar-refractivity contribution in [2.24, 2.45) is 0 Å². The Balaban J connectivity index is 1.80. The highest BCUT2D eigenvalue weighted by Crippen LogP contribution is 2.36. The molecular formula is C27H23FN4O2. The van der Waals surface area contributed by atoms with Crippen LogP contribution in [0.5, 0.6) is 0 Å². The molecule has 4 rings (SSSR count). The Hall–Kier alpha value is -4.28. The topological polar surface area (TPSA) is 98.0 Å². The van der Waals surface area contributed by atoms with Crippen molar-refractivity contribution in [3.8, 4) is 28.5 Å². The highest BCUT2D eigenvalue weighted by Gasteiger charge is 2.17. The fourth-order valence-electron chi connectivity index (χ4n) is 3.66. The minimum atomic E-state index is -0.607. The Labute approximate surface area is 196 Å². The van der Waals surface area contributed by atoms with Gasteiger partial charge >= 0.3 is 6.03 Å². The van der Waals surface area contributed by atoms with Crippen LogP contribution in [0.3, 0.4) is 0 Å². The molecule has 1 unspecified atom stereocenters. The summed E-state index contributed by atoms with van der Waals surface area (Å²) in [5, 5.41) is 25.3. The molecule has 7 heteroatoms. The lowest BCUT2D eigenvalue weighted by molar-refractivity contribution is 0.168. The smallest absolute Gasteiger partial charge is 0.319 e. The quantitative estimate of drug-likeness (QED) is 0.360. The molecule has 0 bridgehead atoms. The molecule has 1 atom stereocenters. The number of amides is 2. The highest BCUT2D eigenvalue weighted by atomic mass is 19.1. The molecule has 3 N–H and O–H groups in total. The number of rotatable bonds is 6. The summed E-state index contributed by atoms with van der Waals surface area (Å²) >= 11 is 0. The lowest BCUT2D eigenvalue weighted by Crippen LogP contribution is -2.34. The maximum absolute atomic E-state index is 14.8. The van der Waals surface area contributed by atoms with Crippen molar-refractivity contribution in [3.05, 3.63) is 84.2 Å². The normalized spacial score (nSPS) is 11.6. The number of carbonyl (C=O) groups excluding carboxylic acids is 1. The SMILES string of the molecule is CCC(O)CNC(=O)Nc1ccc2nc(-c3ccccc3C#N)c(-c3ccccc3F)cc2c1. The average Bonchev–Trinajstić information content (AvgIpc) is 2.86. The summed E-state index contributed by atoms with van der Waals surface area (Å²) in [7, 11) is 0. The summed E-state index contributed by atoms with van der Waals surface area (Å²) in [5.41, 5.74) is 3.63. The summed E-state index contributed by atoms with van der Waals surface area (Å²) < 4.78 is 14.8. The van der Waals surface area contributed by atoms with Gasteiger partial charge in [-0.3, -0.25) is 0 Å². The van der Waals surface area contributed by atoms with Crippen LogP contribution < -0.4 is 10.6 Å². The molecule has 0 spiro atoms. The fourth-order valence-corrected chi connectivity index (χ4v) is 3.66. The molecule has 0 saturated heterocycles. The van der Waals surface area contributed by atoms with Gasteiger partial charge in [0.25, 0.3) is 0 Å². The van der Waals surface area contributed by atoms with Crippen LogP contribution in [0, 0.1) is 17.1 Å². The zero-order valence-electron chi connectivity index (χ0n) is 18.5. The van der Waals surface area contributed by atoms with Gasteiger partial charge in [-0.1, -0.05) is 43.3 Å². The number of nitrogens with one attached hydrogen (secondary N) is 2. The molecule has 0 saturated carbocycles. The molecule has 4 aromatic rings. The van der Waals surface area contributed by atoms with Crippen molar-refractivity contribution in [2.45, 2.75) is 19.4 Å². The Morgan fingerprint density at radius 3 is 2.53 bits per heavy atom. The van der Waals surface area contributed by atoms with Crippen molar-refractivity contribution < 1.29 is 14.3 Å². The van der Waals surface area contributed by atoms with E-state index >= 15 is 0 Å². The van der Waals surface area contributed by atoms with E-state index in [0.29, 0.717) is 51.0 Å². The number of aliphatic hydroxyl groups is 1. The van der Waals surface area contributed by atoms with E-state index in [1.807, 2.05) is 19.1 Å². The molecule has 1 aromatic heterocycles. The minimum Gasteiger partial charge on any atom is -0.391 e. The predicted octanol–water partition coefficient (Wildman–Crippen LogP) is 5.47. The first-order valence-electron chi connectivity index (χ1n) is 10.9. The Kier molecular flexibility index (Phi) is 6.81. The van der Waals surface area contributed by atoms with Crippen LogP contribution in [0.25, 0.3) is 33.3 Å². The van der Waals surface area contributed by atoms with Gasteiger partial charge in [0.05, 0.1) is 28.9 Å². The van der Waals surface area contributed by atoms with Crippen LogP contribution in [-0.4, -0.2) is 28.8 Å². The number of aliphatic hydroxyl groups excluding tert-OH is 1. The molecule has 0 radical (unpaired) electrons. The first-order valence-corrected chi connectivity index (χ1v) is 10.9. The summed E-state index contributed by atoms with van der Waals surface area (Å²) in [6.45, 7) is 1.98. The standard InChI is InChI=1S/C27H23FN4O2/c1-2-20(33)16-30-27(34)31-19-11-12-25-18(13-19)14-23(22-9-5-6-10-24(22)28)26(32-25)21-8-4-3-7-17(21)15-29/h3-14,20,33H,2,16H2,1H3,(H2,30,31,34).